The molecule has 1 aromatic carbocycles. The molecular weight excluding hydrogens is 278 g/mol. The van der Waals surface area contributed by atoms with Crippen molar-refractivity contribution in [2.24, 2.45) is 0 Å². The van der Waals surface area contributed by atoms with Crippen LogP contribution in [-0.2, 0) is 11.2 Å². The molecule has 0 saturated heterocycles. The molecule has 0 aliphatic rings. The van der Waals surface area contributed by atoms with Gasteiger partial charge in [-0.25, -0.2) is 4.98 Å². The molecule has 5 nitrogen and oxygen atoms in total. The van der Waals surface area contributed by atoms with Gasteiger partial charge < -0.3 is 9.51 Å². The second-order valence-electron chi connectivity index (χ2n) is 5.10. The third kappa shape index (κ3) is 2.42. The molecule has 0 saturated carbocycles. The fourth-order valence-electron chi connectivity index (χ4n) is 2.45. The number of fused-ring (bicyclic) bond motifs is 1. The number of aliphatic carboxylic acids is 1. The minimum Gasteiger partial charge on any atom is -0.481 e. The van der Waals surface area contributed by atoms with Gasteiger partial charge in [-0.15, -0.1) is 0 Å². The molecule has 2 aromatic heterocycles. The maximum Gasteiger partial charge on any atom is 0.309 e. The number of nitriles is 1. The Bertz CT molecular complexity index is 902. The number of aromatic nitrogens is 2. The SMILES string of the molecule is Cc1ccc2nc(-c3ccc(C#N)cc3)c(CC(=O)O)n2c1. The fourth-order valence-corrected chi connectivity index (χ4v) is 2.45. The number of carboxylic acid groups (broad SMARTS) is 1. The summed E-state index contributed by atoms with van der Waals surface area (Å²) in [7, 11) is 0. The lowest BCUT2D eigenvalue weighted by molar-refractivity contribution is -0.136. The van der Waals surface area contributed by atoms with Crippen LogP contribution in [0.4, 0.5) is 0 Å². The highest BCUT2D eigenvalue weighted by Gasteiger charge is 2.16. The molecular formula is C17H13N3O2. The molecule has 0 bridgehead atoms. The van der Waals surface area contributed by atoms with E-state index in [1.54, 1.807) is 24.3 Å². The molecule has 0 fully saturated rings. The minimum absolute atomic E-state index is 0.111. The number of hydrogen-bond donors (Lipinski definition) is 1. The molecule has 0 radical (unpaired) electrons. The van der Waals surface area contributed by atoms with Crippen LogP contribution in [0.15, 0.2) is 42.6 Å². The van der Waals surface area contributed by atoms with Crippen LogP contribution in [0.1, 0.15) is 16.8 Å². The summed E-state index contributed by atoms with van der Waals surface area (Å²) in [4.78, 5) is 15.7. The van der Waals surface area contributed by atoms with Crippen molar-refractivity contribution in [3.05, 3.63) is 59.4 Å². The smallest absolute Gasteiger partial charge is 0.309 e. The predicted octanol–water partition coefficient (Wildman–Crippen LogP) is 2.81. The molecule has 0 aliphatic heterocycles. The molecule has 3 aromatic rings. The zero-order valence-electron chi connectivity index (χ0n) is 11.9. The quantitative estimate of drug-likeness (QED) is 0.804. The Balaban J connectivity index is 2.22. The normalized spacial score (nSPS) is 10.5. The first kappa shape index (κ1) is 13.8. The van der Waals surface area contributed by atoms with E-state index in [1.165, 1.54) is 0 Å². The van der Waals surface area contributed by atoms with Crippen molar-refractivity contribution < 1.29 is 9.90 Å². The van der Waals surface area contributed by atoms with Crippen LogP contribution in [0.2, 0.25) is 0 Å². The average molecular weight is 291 g/mol. The van der Waals surface area contributed by atoms with Crippen LogP contribution in [-0.4, -0.2) is 20.5 Å². The summed E-state index contributed by atoms with van der Waals surface area (Å²) in [6.07, 6.45) is 1.77. The first-order valence-corrected chi connectivity index (χ1v) is 6.78. The van der Waals surface area contributed by atoms with Crippen molar-refractivity contribution in [2.75, 3.05) is 0 Å². The number of hydrogen-bond acceptors (Lipinski definition) is 3. The van der Waals surface area contributed by atoms with E-state index < -0.39 is 5.97 Å². The van der Waals surface area contributed by atoms with Gasteiger partial charge in [-0.05, 0) is 30.7 Å². The number of aryl methyl sites for hydroxylation is 1. The van der Waals surface area contributed by atoms with Gasteiger partial charge in [0.05, 0.1) is 29.4 Å². The van der Waals surface area contributed by atoms with Crippen LogP contribution < -0.4 is 0 Å². The third-order valence-electron chi connectivity index (χ3n) is 3.47. The van der Waals surface area contributed by atoms with Crippen LogP contribution in [0.5, 0.6) is 0 Å². The van der Waals surface area contributed by atoms with E-state index >= 15 is 0 Å². The van der Waals surface area contributed by atoms with E-state index in [1.807, 2.05) is 29.7 Å². The first-order valence-electron chi connectivity index (χ1n) is 6.78. The molecule has 5 heteroatoms. The number of nitrogens with zero attached hydrogens (tertiary/aromatic N) is 3. The van der Waals surface area contributed by atoms with Crippen LogP contribution in [0.25, 0.3) is 16.9 Å². The van der Waals surface area contributed by atoms with Gasteiger partial charge >= 0.3 is 5.97 Å². The molecule has 3 rings (SSSR count). The van der Waals surface area contributed by atoms with Gasteiger partial charge in [-0.1, -0.05) is 18.2 Å². The Kier molecular flexibility index (Phi) is 3.36. The van der Waals surface area contributed by atoms with Gasteiger partial charge in [-0.2, -0.15) is 5.26 Å². The molecule has 0 atom stereocenters. The van der Waals surface area contributed by atoms with Crippen LogP contribution in [0, 0.1) is 18.3 Å². The molecule has 22 heavy (non-hydrogen) atoms. The van der Waals surface area contributed by atoms with E-state index in [0.717, 1.165) is 11.1 Å². The lowest BCUT2D eigenvalue weighted by Crippen LogP contribution is -2.05. The lowest BCUT2D eigenvalue weighted by Gasteiger charge is -2.03. The summed E-state index contributed by atoms with van der Waals surface area (Å²) in [5.74, 6) is -0.904. The number of rotatable bonds is 3. The van der Waals surface area contributed by atoms with Crippen molar-refractivity contribution >= 4 is 11.6 Å². The minimum atomic E-state index is -0.904. The van der Waals surface area contributed by atoms with Crippen molar-refractivity contribution in [2.45, 2.75) is 13.3 Å². The van der Waals surface area contributed by atoms with E-state index in [-0.39, 0.29) is 6.42 Å². The monoisotopic (exact) mass is 291 g/mol. The average Bonchev–Trinajstić information content (AvgIpc) is 2.85. The Morgan fingerprint density at radius 3 is 2.64 bits per heavy atom. The number of benzene rings is 1. The molecule has 0 aliphatic carbocycles. The molecule has 1 N–H and O–H groups in total. The number of imidazole rings is 1. The first-order chi connectivity index (χ1) is 10.6. The zero-order valence-corrected chi connectivity index (χ0v) is 11.9. The molecule has 0 spiro atoms. The Morgan fingerprint density at radius 2 is 2.00 bits per heavy atom. The highest BCUT2D eigenvalue weighted by Crippen LogP contribution is 2.25. The van der Waals surface area contributed by atoms with Gasteiger partial charge in [0, 0.05) is 11.8 Å². The van der Waals surface area contributed by atoms with Gasteiger partial charge in [0.25, 0.3) is 0 Å². The van der Waals surface area contributed by atoms with E-state index in [2.05, 4.69) is 11.1 Å². The summed E-state index contributed by atoms with van der Waals surface area (Å²) >= 11 is 0. The molecule has 2 heterocycles. The lowest BCUT2D eigenvalue weighted by atomic mass is 10.1. The largest absolute Gasteiger partial charge is 0.481 e. The van der Waals surface area contributed by atoms with E-state index in [9.17, 15) is 9.90 Å². The Labute approximate surface area is 127 Å². The van der Waals surface area contributed by atoms with E-state index in [4.69, 9.17) is 5.26 Å². The maximum atomic E-state index is 11.2. The van der Waals surface area contributed by atoms with Crippen LogP contribution >= 0.6 is 0 Å². The number of carboxylic acids is 1. The summed E-state index contributed by atoms with van der Waals surface area (Å²) in [6, 6.07) is 12.9. The van der Waals surface area contributed by atoms with Crippen molar-refractivity contribution in [3.8, 4) is 17.3 Å². The highest BCUT2D eigenvalue weighted by atomic mass is 16.4. The zero-order chi connectivity index (χ0) is 15.7. The molecule has 108 valence electrons. The van der Waals surface area contributed by atoms with Gasteiger partial charge in [0.15, 0.2) is 0 Å². The second-order valence-corrected chi connectivity index (χ2v) is 5.10. The fraction of sp³-hybridized carbons (Fsp3) is 0.118. The number of pyridine rings is 1. The van der Waals surface area contributed by atoms with Gasteiger partial charge in [0.1, 0.15) is 5.65 Å². The van der Waals surface area contributed by atoms with Crippen molar-refractivity contribution in [1.29, 1.82) is 5.26 Å². The third-order valence-corrected chi connectivity index (χ3v) is 3.47. The summed E-state index contributed by atoms with van der Waals surface area (Å²) < 4.78 is 1.82. The maximum absolute atomic E-state index is 11.2. The van der Waals surface area contributed by atoms with Crippen molar-refractivity contribution in [3.63, 3.8) is 0 Å². The van der Waals surface area contributed by atoms with Crippen molar-refractivity contribution in [1.82, 2.24) is 9.38 Å². The molecule has 0 unspecified atom stereocenters. The standard InChI is InChI=1S/C17H13N3O2/c1-11-2-7-15-19-17(13-5-3-12(9-18)4-6-13)14(8-16(21)22)20(15)10-11/h2-7,10H,8H2,1H3,(H,21,22). The summed E-state index contributed by atoms with van der Waals surface area (Å²) in [5, 5.41) is 18.1. The Morgan fingerprint density at radius 1 is 1.27 bits per heavy atom. The number of carbonyl (C=O) groups is 1. The van der Waals surface area contributed by atoms with Gasteiger partial charge in [-0.3, -0.25) is 4.79 Å². The topological polar surface area (TPSA) is 78.4 Å². The second kappa shape index (κ2) is 5.34. The van der Waals surface area contributed by atoms with E-state index in [0.29, 0.717) is 22.6 Å². The Hall–Kier alpha value is -3.13. The summed E-state index contributed by atoms with van der Waals surface area (Å²) in [6.45, 7) is 1.95. The van der Waals surface area contributed by atoms with Gasteiger partial charge in [0.2, 0.25) is 0 Å². The summed E-state index contributed by atoms with van der Waals surface area (Å²) in [5.41, 5.74) is 4.37. The predicted molar refractivity (Wildman–Crippen MR) is 81.4 cm³/mol. The van der Waals surface area contributed by atoms with Crippen LogP contribution in [0.3, 0.4) is 0 Å². The highest BCUT2D eigenvalue weighted by molar-refractivity contribution is 5.76. The molecule has 0 amide bonds.